The van der Waals surface area contributed by atoms with E-state index in [1.165, 1.54) is 6.42 Å². The average molecular weight is 263 g/mol. The Hall–Kier alpha value is -1.58. The monoisotopic (exact) mass is 263 g/mol. The second-order valence-electron chi connectivity index (χ2n) is 5.62. The standard InChI is InChI=1S/C15H25N3O/c1-10(2)6-5-7-11(3)18-15(19)13-8-12(4)17-14(16)9-13/h8-11H,5-7H2,1-4H3,(H2,16,17)(H,18,19). The van der Waals surface area contributed by atoms with E-state index in [9.17, 15) is 4.79 Å². The molecule has 0 saturated carbocycles. The third kappa shape index (κ3) is 5.73. The predicted molar refractivity (Wildman–Crippen MR) is 79.0 cm³/mol. The Morgan fingerprint density at radius 3 is 2.58 bits per heavy atom. The molecule has 1 atom stereocenters. The van der Waals surface area contributed by atoms with E-state index in [-0.39, 0.29) is 11.9 Å². The number of nitrogens with zero attached hydrogens (tertiary/aromatic N) is 1. The molecule has 0 radical (unpaired) electrons. The van der Waals surface area contributed by atoms with Crippen LogP contribution in [0, 0.1) is 12.8 Å². The van der Waals surface area contributed by atoms with E-state index < -0.39 is 0 Å². The number of hydrogen-bond donors (Lipinski definition) is 2. The summed E-state index contributed by atoms with van der Waals surface area (Å²) < 4.78 is 0. The third-order valence-corrected chi connectivity index (χ3v) is 3.03. The molecule has 3 N–H and O–H groups in total. The molecule has 0 aliphatic rings. The van der Waals surface area contributed by atoms with Crippen LogP contribution in [0.3, 0.4) is 0 Å². The number of nitrogens with two attached hydrogens (primary N) is 1. The predicted octanol–water partition coefficient (Wildman–Crippen LogP) is 2.92. The highest BCUT2D eigenvalue weighted by molar-refractivity contribution is 5.95. The summed E-state index contributed by atoms with van der Waals surface area (Å²) in [6.45, 7) is 8.30. The summed E-state index contributed by atoms with van der Waals surface area (Å²) in [5.74, 6) is 1.03. The molecule has 0 fully saturated rings. The lowest BCUT2D eigenvalue weighted by molar-refractivity contribution is 0.0937. The molecule has 0 spiro atoms. The van der Waals surface area contributed by atoms with Gasteiger partial charge in [0.1, 0.15) is 5.82 Å². The Bertz CT molecular complexity index is 409. The molecular weight excluding hydrogens is 238 g/mol. The van der Waals surface area contributed by atoms with Crippen LogP contribution in [0.2, 0.25) is 0 Å². The van der Waals surface area contributed by atoms with E-state index in [1.807, 2.05) is 13.8 Å². The number of rotatable bonds is 6. The van der Waals surface area contributed by atoms with Crippen LogP contribution in [0.25, 0.3) is 0 Å². The van der Waals surface area contributed by atoms with E-state index in [1.54, 1.807) is 12.1 Å². The van der Waals surface area contributed by atoms with E-state index in [0.717, 1.165) is 18.5 Å². The summed E-state index contributed by atoms with van der Waals surface area (Å²) in [5, 5.41) is 3.00. The molecule has 0 aliphatic heterocycles. The van der Waals surface area contributed by atoms with Crippen molar-refractivity contribution in [2.75, 3.05) is 5.73 Å². The maximum atomic E-state index is 12.1. The van der Waals surface area contributed by atoms with Gasteiger partial charge in [0.2, 0.25) is 0 Å². The second-order valence-corrected chi connectivity index (χ2v) is 5.62. The van der Waals surface area contributed by atoms with Crippen LogP contribution in [-0.2, 0) is 0 Å². The molecule has 1 aromatic rings. The molecule has 106 valence electrons. The number of nitrogen functional groups attached to an aromatic ring is 1. The molecule has 1 rings (SSSR count). The number of aryl methyl sites for hydroxylation is 1. The van der Waals surface area contributed by atoms with Crippen molar-refractivity contribution in [1.82, 2.24) is 10.3 Å². The van der Waals surface area contributed by atoms with Crippen LogP contribution in [0.1, 0.15) is 56.1 Å². The largest absolute Gasteiger partial charge is 0.384 e. The first-order valence-corrected chi connectivity index (χ1v) is 6.93. The van der Waals surface area contributed by atoms with Gasteiger partial charge >= 0.3 is 0 Å². The van der Waals surface area contributed by atoms with Crippen LogP contribution >= 0.6 is 0 Å². The van der Waals surface area contributed by atoms with Gasteiger partial charge < -0.3 is 11.1 Å². The van der Waals surface area contributed by atoms with E-state index in [2.05, 4.69) is 24.1 Å². The fraction of sp³-hybridized carbons (Fsp3) is 0.600. The van der Waals surface area contributed by atoms with E-state index in [4.69, 9.17) is 5.73 Å². The summed E-state index contributed by atoms with van der Waals surface area (Å²) >= 11 is 0. The van der Waals surface area contributed by atoms with Crippen LogP contribution in [-0.4, -0.2) is 16.9 Å². The number of pyridine rings is 1. The average Bonchev–Trinajstić information content (AvgIpc) is 2.26. The van der Waals surface area contributed by atoms with Crippen molar-refractivity contribution in [3.8, 4) is 0 Å². The number of carbonyl (C=O) groups is 1. The van der Waals surface area contributed by atoms with Crippen molar-refractivity contribution in [3.63, 3.8) is 0 Å². The van der Waals surface area contributed by atoms with E-state index in [0.29, 0.717) is 17.3 Å². The Morgan fingerprint density at radius 2 is 2.00 bits per heavy atom. The highest BCUT2D eigenvalue weighted by Gasteiger charge is 2.11. The number of anilines is 1. The number of carbonyl (C=O) groups excluding carboxylic acids is 1. The second kappa shape index (κ2) is 7.12. The number of nitrogens with one attached hydrogen (secondary N) is 1. The fourth-order valence-corrected chi connectivity index (χ4v) is 2.04. The van der Waals surface area contributed by atoms with Crippen molar-refractivity contribution >= 4 is 11.7 Å². The van der Waals surface area contributed by atoms with Crippen LogP contribution < -0.4 is 11.1 Å². The Morgan fingerprint density at radius 1 is 1.32 bits per heavy atom. The molecule has 1 amide bonds. The third-order valence-electron chi connectivity index (χ3n) is 3.03. The summed E-state index contributed by atoms with van der Waals surface area (Å²) in [4.78, 5) is 16.1. The van der Waals surface area contributed by atoms with Crippen LogP contribution in [0.15, 0.2) is 12.1 Å². The zero-order chi connectivity index (χ0) is 14.4. The van der Waals surface area contributed by atoms with Gasteiger partial charge in [0, 0.05) is 17.3 Å². The van der Waals surface area contributed by atoms with Gasteiger partial charge in [0.15, 0.2) is 0 Å². The number of aromatic nitrogens is 1. The highest BCUT2D eigenvalue weighted by atomic mass is 16.1. The normalized spacial score (nSPS) is 12.5. The van der Waals surface area contributed by atoms with Gasteiger partial charge in [-0.15, -0.1) is 0 Å². The minimum atomic E-state index is -0.0748. The first-order chi connectivity index (χ1) is 8.88. The van der Waals surface area contributed by atoms with E-state index >= 15 is 0 Å². The molecule has 0 bridgehead atoms. The minimum absolute atomic E-state index is 0.0748. The summed E-state index contributed by atoms with van der Waals surface area (Å²) in [6.07, 6.45) is 3.33. The highest BCUT2D eigenvalue weighted by Crippen LogP contribution is 2.10. The molecule has 4 nitrogen and oxygen atoms in total. The molecular formula is C15H25N3O. The lowest BCUT2D eigenvalue weighted by Crippen LogP contribution is -2.32. The quantitative estimate of drug-likeness (QED) is 0.829. The summed E-state index contributed by atoms with van der Waals surface area (Å²) in [7, 11) is 0. The van der Waals surface area contributed by atoms with Crippen LogP contribution in [0.4, 0.5) is 5.82 Å². The van der Waals surface area contributed by atoms with Gasteiger partial charge in [-0.1, -0.05) is 26.7 Å². The fourth-order valence-electron chi connectivity index (χ4n) is 2.04. The van der Waals surface area contributed by atoms with Crippen LogP contribution in [0.5, 0.6) is 0 Å². The van der Waals surface area contributed by atoms with Gasteiger partial charge in [-0.2, -0.15) is 0 Å². The molecule has 1 heterocycles. The molecule has 19 heavy (non-hydrogen) atoms. The van der Waals surface area contributed by atoms with Crippen molar-refractivity contribution in [2.24, 2.45) is 5.92 Å². The number of amides is 1. The SMILES string of the molecule is Cc1cc(C(=O)NC(C)CCCC(C)C)cc(N)n1. The maximum absolute atomic E-state index is 12.1. The first-order valence-electron chi connectivity index (χ1n) is 6.93. The maximum Gasteiger partial charge on any atom is 0.251 e. The molecule has 1 aromatic heterocycles. The molecule has 0 aromatic carbocycles. The lowest BCUT2D eigenvalue weighted by Gasteiger charge is -2.15. The van der Waals surface area contributed by atoms with Gasteiger partial charge in [-0.25, -0.2) is 4.98 Å². The smallest absolute Gasteiger partial charge is 0.251 e. The zero-order valence-corrected chi connectivity index (χ0v) is 12.4. The van der Waals surface area contributed by atoms with Crippen molar-refractivity contribution in [2.45, 2.75) is 53.0 Å². The molecule has 0 saturated heterocycles. The first kappa shape index (κ1) is 15.5. The van der Waals surface area contributed by atoms with Crippen molar-refractivity contribution in [1.29, 1.82) is 0 Å². The van der Waals surface area contributed by atoms with Gasteiger partial charge in [0.25, 0.3) is 5.91 Å². The Balaban J connectivity index is 2.49. The molecule has 4 heteroatoms. The van der Waals surface area contributed by atoms with Gasteiger partial charge in [-0.3, -0.25) is 4.79 Å². The number of hydrogen-bond acceptors (Lipinski definition) is 3. The lowest BCUT2D eigenvalue weighted by atomic mass is 10.0. The van der Waals surface area contributed by atoms with Gasteiger partial charge in [-0.05, 0) is 38.3 Å². The topological polar surface area (TPSA) is 68.0 Å². The van der Waals surface area contributed by atoms with Crippen molar-refractivity contribution < 1.29 is 4.79 Å². The zero-order valence-electron chi connectivity index (χ0n) is 12.4. The summed E-state index contributed by atoms with van der Waals surface area (Å²) in [6, 6.07) is 3.55. The van der Waals surface area contributed by atoms with Crippen molar-refractivity contribution in [3.05, 3.63) is 23.4 Å². The van der Waals surface area contributed by atoms with Gasteiger partial charge in [0.05, 0.1) is 0 Å². The Labute approximate surface area is 115 Å². The molecule has 1 unspecified atom stereocenters. The summed E-state index contributed by atoms with van der Waals surface area (Å²) in [5.41, 5.74) is 7.00. The molecule has 0 aliphatic carbocycles. The minimum Gasteiger partial charge on any atom is -0.384 e. The Kier molecular flexibility index (Phi) is 5.80.